The van der Waals surface area contributed by atoms with Crippen LogP contribution < -0.4 is 10.6 Å². The summed E-state index contributed by atoms with van der Waals surface area (Å²) in [5.41, 5.74) is 0.932. The Balaban J connectivity index is 1.75. The first-order valence-electron chi connectivity index (χ1n) is 12.8. The first-order chi connectivity index (χ1) is 18.9. The molecule has 5 amide bonds. The van der Waals surface area contributed by atoms with Gasteiger partial charge in [-0.25, -0.2) is 19.6 Å². The Hall–Kier alpha value is -4.08. The second kappa shape index (κ2) is 14.8. The minimum Gasteiger partial charge on any atom is -0.445 e. The molecule has 0 aromatic heterocycles. The number of carbonyl (C=O) groups is 4. The molecular formula is C27H36N6O6. The van der Waals surface area contributed by atoms with Crippen LogP contribution in [0.2, 0.25) is 0 Å². The van der Waals surface area contributed by atoms with E-state index < -0.39 is 18.3 Å². The SMILES string of the molecule is C#CCOCCN1C[C@H]2N(C(=O)CN(C)N2C(=O)NCc2ccccc2)[C@@H](CCCNC(=O)OCC=C)C1=O. The van der Waals surface area contributed by atoms with E-state index >= 15 is 0 Å². The number of fused-ring (bicyclic) bond motifs is 1. The van der Waals surface area contributed by atoms with Gasteiger partial charge in [0.05, 0.1) is 19.7 Å². The quantitative estimate of drug-likeness (QED) is 0.228. The lowest BCUT2D eigenvalue weighted by Gasteiger charge is -2.54. The van der Waals surface area contributed by atoms with Crippen molar-refractivity contribution in [3.05, 3.63) is 48.6 Å². The lowest BCUT2D eigenvalue weighted by atomic mass is 10.0. The zero-order chi connectivity index (χ0) is 28.2. The van der Waals surface area contributed by atoms with Crippen molar-refractivity contribution < 1.29 is 28.7 Å². The standard InChI is InChI=1S/C27H36N6O6/c1-4-15-38-17-14-31-19-23-32(22(25(31)35)12-9-13-28-27(37)39-16-5-2)24(34)20-30(3)33(23)26(36)29-18-21-10-7-6-8-11-21/h1,5-8,10-11,22-23H,2,9,12-20H2,3H3,(H,28,37)(H,29,36)/t22-,23-/m0/s1. The number of likely N-dealkylation sites (N-methyl/N-ethyl adjacent to an activating group) is 1. The Kier molecular flexibility index (Phi) is 11.1. The first kappa shape index (κ1) is 29.5. The summed E-state index contributed by atoms with van der Waals surface area (Å²) >= 11 is 0. The molecule has 2 aliphatic rings. The molecule has 0 radical (unpaired) electrons. The van der Waals surface area contributed by atoms with E-state index in [0.717, 1.165) is 5.56 Å². The second-order valence-electron chi connectivity index (χ2n) is 9.10. The Labute approximate surface area is 228 Å². The summed E-state index contributed by atoms with van der Waals surface area (Å²) in [4.78, 5) is 54.9. The highest BCUT2D eigenvalue weighted by Crippen LogP contribution is 2.27. The third kappa shape index (κ3) is 7.95. The van der Waals surface area contributed by atoms with Crippen LogP contribution in [-0.2, 0) is 25.6 Å². The fraction of sp³-hybridized carbons (Fsp3) is 0.481. The molecule has 0 unspecified atom stereocenters. The van der Waals surface area contributed by atoms with Gasteiger partial charge >= 0.3 is 12.1 Å². The van der Waals surface area contributed by atoms with Gasteiger partial charge in [-0.05, 0) is 18.4 Å². The Morgan fingerprint density at radius 2 is 2.00 bits per heavy atom. The average Bonchev–Trinajstić information content (AvgIpc) is 2.93. The molecule has 12 nitrogen and oxygen atoms in total. The van der Waals surface area contributed by atoms with E-state index in [9.17, 15) is 19.2 Å². The van der Waals surface area contributed by atoms with E-state index in [4.69, 9.17) is 15.9 Å². The topological polar surface area (TPSA) is 124 Å². The maximum absolute atomic E-state index is 13.5. The molecule has 2 N–H and O–H groups in total. The summed E-state index contributed by atoms with van der Waals surface area (Å²) in [6.07, 6.45) is 6.10. The van der Waals surface area contributed by atoms with Gasteiger partial charge in [-0.1, -0.05) is 48.9 Å². The van der Waals surface area contributed by atoms with Crippen molar-refractivity contribution in [2.75, 3.05) is 53.0 Å². The van der Waals surface area contributed by atoms with Crippen LogP contribution in [-0.4, -0.2) is 109 Å². The number of amides is 5. The Morgan fingerprint density at radius 1 is 1.23 bits per heavy atom. The number of alkyl carbamates (subject to hydrolysis) is 1. The minimum absolute atomic E-state index is 0.0591. The number of urea groups is 1. The highest BCUT2D eigenvalue weighted by molar-refractivity contribution is 5.91. The van der Waals surface area contributed by atoms with E-state index in [1.807, 2.05) is 30.3 Å². The summed E-state index contributed by atoms with van der Waals surface area (Å²) in [6, 6.07) is 8.30. The number of nitrogens with zero attached hydrogens (tertiary/aromatic N) is 4. The monoisotopic (exact) mass is 540 g/mol. The average molecular weight is 541 g/mol. The van der Waals surface area contributed by atoms with Gasteiger partial charge in [0, 0.05) is 26.7 Å². The molecule has 0 aliphatic carbocycles. The Bertz CT molecular complexity index is 1060. The van der Waals surface area contributed by atoms with E-state index in [0.29, 0.717) is 13.0 Å². The van der Waals surface area contributed by atoms with E-state index in [-0.39, 0.29) is 70.3 Å². The van der Waals surface area contributed by atoms with Crippen LogP contribution in [0.1, 0.15) is 18.4 Å². The predicted molar refractivity (Wildman–Crippen MR) is 143 cm³/mol. The van der Waals surface area contributed by atoms with E-state index in [2.05, 4.69) is 23.1 Å². The van der Waals surface area contributed by atoms with Crippen molar-refractivity contribution in [1.29, 1.82) is 0 Å². The maximum Gasteiger partial charge on any atom is 0.407 e. The van der Waals surface area contributed by atoms with Crippen LogP contribution in [0.3, 0.4) is 0 Å². The van der Waals surface area contributed by atoms with E-state index in [1.165, 1.54) is 16.0 Å². The summed E-state index contributed by atoms with van der Waals surface area (Å²) in [5.74, 6) is 1.89. The van der Waals surface area contributed by atoms with Gasteiger partial charge in [0.25, 0.3) is 0 Å². The molecule has 1 aromatic rings. The molecule has 2 aliphatic heterocycles. The van der Waals surface area contributed by atoms with Crippen LogP contribution in [0, 0.1) is 12.3 Å². The molecule has 2 atom stereocenters. The zero-order valence-corrected chi connectivity index (χ0v) is 22.2. The largest absolute Gasteiger partial charge is 0.445 e. The molecule has 2 heterocycles. The number of terminal acetylenes is 1. The molecule has 0 saturated carbocycles. The molecule has 3 rings (SSSR count). The van der Waals surface area contributed by atoms with Gasteiger partial charge < -0.3 is 29.9 Å². The number of hydrogen-bond acceptors (Lipinski definition) is 7. The van der Waals surface area contributed by atoms with Crippen LogP contribution in [0.15, 0.2) is 43.0 Å². The number of piperazine rings is 1. The highest BCUT2D eigenvalue weighted by Gasteiger charge is 2.50. The predicted octanol–water partition coefficient (Wildman–Crippen LogP) is 0.766. The highest BCUT2D eigenvalue weighted by atomic mass is 16.5. The van der Waals surface area contributed by atoms with E-state index in [1.54, 1.807) is 17.0 Å². The molecule has 210 valence electrons. The third-order valence-corrected chi connectivity index (χ3v) is 6.38. The fourth-order valence-corrected chi connectivity index (χ4v) is 4.62. The van der Waals surface area contributed by atoms with Crippen molar-refractivity contribution >= 4 is 23.9 Å². The van der Waals surface area contributed by atoms with Crippen LogP contribution in [0.4, 0.5) is 9.59 Å². The smallest absolute Gasteiger partial charge is 0.407 e. The number of rotatable bonds is 12. The van der Waals surface area contributed by atoms with Crippen molar-refractivity contribution in [2.45, 2.75) is 31.6 Å². The summed E-state index contributed by atoms with van der Waals surface area (Å²) in [5, 5.41) is 8.60. The third-order valence-electron chi connectivity index (χ3n) is 6.38. The number of hydrazine groups is 1. The lowest BCUT2D eigenvalue weighted by molar-refractivity contribution is -0.187. The molecule has 1 aromatic carbocycles. The van der Waals surface area contributed by atoms with Gasteiger partial charge in [-0.15, -0.1) is 6.42 Å². The van der Waals surface area contributed by atoms with Crippen molar-refractivity contribution in [2.24, 2.45) is 0 Å². The van der Waals surface area contributed by atoms with Gasteiger partial charge in [0.1, 0.15) is 25.4 Å². The fourth-order valence-electron chi connectivity index (χ4n) is 4.62. The molecule has 2 saturated heterocycles. The van der Waals surface area contributed by atoms with Crippen molar-refractivity contribution in [1.82, 2.24) is 30.5 Å². The van der Waals surface area contributed by atoms with Crippen molar-refractivity contribution in [3.8, 4) is 12.3 Å². The molecule has 2 fully saturated rings. The number of ether oxygens (including phenoxy) is 2. The normalized spacial score (nSPS) is 19.2. The molecule has 12 heteroatoms. The van der Waals surface area contributed by atoms with Crippen LogP contribution >= 0.6 is 0 Å². The summed E-state index contributed by atoms with van der Waals surface area (Å²) < 4.78 is 10.3. The van der Waals surface area contributed by atoms with Crippen molar-refractivity contribution in [3.63, 3.8) is 0 Å². The van der Waals surface area contributed by atoms with Gasteiger partial charge in [0.2, 0.25) is 11.8 Å². The van der Waals surface area contributed by atoms with Gasteiger partial charge in [0.15, 0.2) is 0 Å². The summed E-state index contributed by atoms with van der Waals surface area (Å²) in [7, 11) is 1.67. The molecular weight excluding hydrogens is 504 g/mol. The minimum atomic E-state index is -0.812. The molecule has 39 heavy (non-hydrogen) atoms. The maximum atomic E-state index is 13.5. The lowest BCUT2D eigenvalue weighted by Crippen LogP contribution is -2.76. The summed E-state index contributed by atoms with van der Waals surface area (Å²) in [6.45, 7) is 4.79. The molecule has 0 bridgehead atoms. The van der Waals surface area contributed by atoms with Gasteiger partial charge in [-0.2, -0.15) is 0 Å². The van der Waals surface area contributed by atoms with Crippen LogP contribution in [0.25, 0.3) is 0 Å². The van der Waals surface area contributed by atoms with Gasteiger partial charge in [-0.3, -0.25) is 9.59 Å². The second-order valence-corrected chi connectivity index (χ2v) is 9.10. The molecule has 0 spiro atoms. The Morgan fingerprint density at radius 3 is 2.72 bits per heavy atom. The number of carbonyl (C=O) groups excluding carboxylic acids is 4. The zero-order valence-electron chi connectivity index (χ0n) is 22.2. The number of benzene rings is 1. The first-order valence-corrected chi connectivity index (χ1v) is 12.8. The van der Waals surface area contributed by atoms with Crippen LogP contribution in [0.5, 0.6) is 0 Å². The number of nitrogens with one attached hydrogen (secondary N) is 2. The number of hydrogen-bond donors (Lipinski definition) is 2.